The molecular formula is C20H22N2O6. The summed E-state index contributed by atoms with van der Waals surface area (Å²) < 4.78 is 15.9. The van der Waals surface area contributed by atoms with Crippen LogP contribution in [0.3, 0.4) is 0 Å². The number of hydrogen-bond donors (Lipinski definition) is 3. The van der Waals surface area contributed by atoms with E-state index in [1.807, 2.05) is 12.1 Å². The number of methoxy groups -OCH3 is 1. The lowest BCUT2D eigenvalue weighted by Gasteiger charge is -2.20. The fourth-order valence-electron chi connectivity index (χ4n) is 3.03. The number of rotatable bonds is 7. The molecule has 0 aromatic heterocycles. The zero-order valence-electron chi connectivity index (χ0n) is 15.6. The second-order valence-electron chi connectivity index (χ2n) is 6.49. The molecule has 0 spiro atoms. The molecule has 0 saturated carbocycles. The number of phenols is 1. The normalized spacial score (nSPS) is 14.2. The zero-order chi connectivity index (χ0) is 20.3. The van der Waals surface area contributed by atoms with E-state index in [0.717, 1.165) is 5.56 Å². The SMILES string of the molecule is COc1ccc(C(CC(=O)N[C@@H](C)C(N)=O)c2cc3c(cc2O)OCO3)cc1. The molecule has 1 aliphatic rings. The lowest BCUT2D eigenvalue weighted by atomic mass is 9.87. The number of hydrogen-bond acceptors (Lipinski definition) is 6. The van der Waals surface area contributed by atoms with Crippen molar-refractivity contribution in [3.63, 3.8) is 0 Å². The third kappa shape index (κ3) is 4.11. The van der Waals surface area contributed by atoms with Crippen LogP contribution in [0.2, 0.25) is 0 Å². The summed E-state index contributed by atoms with van der Waals surface area (Å²) in [6.45, 7) is 1.59. The minimum atomic E-state index is -0.797. The third-order valence-corrected chi connectivity index (χ3v) is 4.61. The van der Waals surface area contributed by atoms with Gasteiger partial charge in [0.2, 0.25) is 18.6 Å². The van der Waals surface area contributed by atoms with E-state index in [2.05, 4.69) is 5.32 Å². The van der Waals surface area contributed by atoms with Gasteiger partial charge in [0.1, 0.15) is 17.5 Å². The van der Waals surface area contributed by atoms with Crippen molar-refractivity contribution in [1.82, 2.24) is 5.32 Å². The van der Waals surface area contributed by atoms with Gasteiger partial charge in [-0.1, -0.05) is 12.1 Å². The Balaban J connectivity index is 1.94. The topological polar surface area (TPSA) is 120 Å². The maximum Gasteiger partial charge on any atom is 0.239 e. The molecule has 0 aliphatic carbocycles. The lowest BCUT2D eigenvalue weighted by Crippen LogP contribution is -2.42. The van der Waals surface area contributed by atoms with E-state index in [4.69, 9.17) is 19.9 Å². The molecule has 0 radical (unpaired) electrons. The number of ether oxygens (including phenoxy) is 3. The third-order valence-electron chi connectivity index (χ3n) is 4.61. The van der Waals surface area contributed by atoms with Crippen molar-refractivity contribution < 1.29 is 28.9 Å². The summed E-state index contributed by atoms with van der Waals surface area (Å²) in [7, 11) is 1.56. The molecule has 2 atom stereocenters. The average molecular weight is 386 g/mol. The summed E-state index contributed by atoms with van der Waals surface area (Å²) in [5.74, 6) is 0.119. The van der Waals surface area contributed by atoms with Crippen LogP contribution in [-0.2, 0) is 9.59 Å². The highest BCUT2D eigenvalue weighted by Crippen LogP contribution is 2.43. The minimum Gasteiger partial charge on any atom is -0.508 e. The molecule has 3 rings (SSSR count). The Hall–Kier alpha value is -3.42. The van der Waals surface area contributed by atoms with Crippen LogP contribution in [-0.4, -0.2) is 36.9 Å². The van der Waals surface area contributed by atoms with Gasteiger partial charge in [0.05, 0.1) is 7.11 Å². The molecule has 1 heterocycles. The number of carbonyl (C=O) groups is 2. The Labute approximate surface area is 162 Å². The molecular weight excluding hydrogens is 364 g/mol. The monoisotopic (exact) mass is 386 g/mol. The fraction of sp³-hybridized carbons (Fsp3) is 0.300. The standard InChI is InChI=1S/C20H22N2O6/c1-11(20(21)25)22-19(24)8-14(12-3-5-13(26-2)6-4-12)15-7-17-18(9-16(15)23)28-10-27-17/h3-7,9,11,14,23H,8,10H2,1-2H3,(H2,21,25)(H,22,24)/t11-,14?/m0/s1. The smallest absolute Gasteiger partial charge is 0.239 e. The van der Waals surface area contributed by atoms with Crippen molar-refractivity contribution in [2.75, 3.05) is 13.9 Å². The number of aromatic hydroxyl groups is 1. The molecule has 2 aromatic carbocycles. The number of nitrogens with one attached hydrogen (secondary N) is 1. The highest BCUT2D eigenvalue weighted by Gasteiger charge is 2.26. The van der Waals surface area contributed by atoms with Crippen molar-refractivity contribution in [1.29, 1.82) is 0 Å². The van der Waals surface area contributed by atoms with Gasteiger partial charge in [-0.3, -0.25) is 9.59 Å². The highest BCUT2D eigenvalue weighted by atomic mass is 16.7. The van der Waals surface area contributed by atoms with E-state index in [-0.39, 0.29) is 24.9 Å². The van der Waals surface area contributed by atoms with Crippen molar-refractivity contribution in [2.45, 2.75) is 25.3 Å². The molecule has 1 aliphatic heterocycles. The molecule has 0 fully saturated rings. The van der Waals surface area contributed by atoms with E-state index in [9.17, 15) is 14.7 Å². The first kappa shape index (κ1) is 19.3. The summed E-state index contributed by atoms with van der Waals surface area (Å²) >= 11 is 0. The number of phenolic OH excluding ortho intramolecular Hbond substituents is 1. The van der Waals surface area contributed by atoms with Crippen LogP contribution in [0.5, 0.6) is 23.0 Å². The second-order valence-corrected chi connectivity index (χ2v) is 6.49. The van der Waals surface area contributed by atoms with Gasteiger partial charge in [-0.15, -0.1) is 0 Å². The highest BCUT2D eigenvalue weighted by molar-refractivity contribution is 5.86. The van der Waals surface area contributed by atoms with Gasteiger partial charge in [-0.05, 0) is 30.7 Å². The molecule has 148 valence electrons. The van der Waals surface area contributed by atoms with Crippen LogP contribution < -0.4 is 25.3 Å². The number of fused-ring (bicyclic) bond motifs is 1. The predicted octanol–water partition coefficient (Wildman–Crippen LogP) is 1.64. The number of amides is 2. The van der Waals surface area contributed by atoms with Crippen molar-refractivity contribution in [3.05, 3.63) is 47.5 Å². The molecule has 2 aromatic rings. The second kappa shape index (κ2) is 8.08. The number of benzene rings is 2. The molecule has 8 heteroatoms. The molecule has 4 N–H and O–H groups in total. The summed E-state index contributed by atoms with van der Waals surface area (Å²) in [5, 5.41) is 13.1. The summed E-state index contributed by atoms with van der Waals surface area (Å²) in [6, 6.07) is 9.52. The van der Waals surface area contributed by atoms with Gasteiger partial charge < -0.3 is 30.4 Å². The number of nitrogens with two attached hydrogens (primary N) is 1. The first-order valence-electron chi connectivity index (χ1n) is 8.74. The van der Waals surface area contributed by atoms with Crippen LogP contribution >= 0.6 is 0 Å². The summed E-state index contributed by atoms with van der Waals surface area (Å²) in [6.07, 6.45) is -0.00282. The minimum absolute atomic E-state index is 0.00282. The maximum atomic E-state index is 12.5. The Morgan fingerprint density at radius 3 is 2.46 bits per heavy atom. The molecule has 0 bridgehead atoms. The Bertz CT molecular complexity index is 881. The van der Waals surface area contributed by atoms with Crippen LogP contribution in [0.4, 0.5) is 0 Å². The van der Waals surface area contributed by atoms with Gasteiger partial charge >= 0.3 is 0 Å². The van der Waals surface area contributed by atoms with E-state index < -0.39 is 17.9 Å². The van der Waals surface area contributed by atoms with Gasteiger partial charge in [-0.25, -0.2) is 0 Å². The first-order valence-corrected chi connectivity index (χ1v) is 8.74. The van der Waals surface area contributed by atoms with Crippen molar-refractivity contribution in [2.24, 2.45) is 5.73 Å². The van der Waals surface area contributed by atoms with Crippen LogP contribution in [0.15, 0.2) is 36.4 Å². The zero-order valence-corrected chi connectivity index (χ0v) is 15.6. The average Bonchev–Trinajstić information content (AvgIpc) is 3.12. The molecule has 0 saturated heterocycles. The van der Waals surface area contributed by atoms with Crippen molar-refractivity contribution in [3.8, 4) is 23.0 Å². The number of primary amides is 1. The summed E-state index contributed by atoms with van der Waals surface area (Å²) in [4.78, 5) is 23.7. The Kier molecular flexibility index (Phi) is 5.58. The Morgan fingerprint density at radius 1 is 1.21 bits per heavy atom. The van der Waals surface area contributed by atoms with Crippen LogP contribution in [0, 0.1) is 0 Å². The number of carbonyl (C=O) groups excluding carboxylic acids is 2. The van der Waals surface area contributed by atoms with Gasteiger partial charge in [0.25, 0.3) is 0 Å². The molecule has 2 amide bonds. The molecule has 28 heavy (non-hydrogen) atoms. The quantitative estimate of drug-likeness (QED) is 0.665. The van der Waals surface area contributed by atoms with Gasteiger partial charge in [0, 0.05) is 24.0 Å². The van der Waals surface area contributed by atoms with Gasteiger partial charge in [-0.2, -0.15) is 0 Å². The predicted molar refractivity (Wildman–Crippen MR) is 100 cm³/mol. The van der Waals surface area contributed by atoms with Crippen molar-refractivity contribution >= 4 is 11.8 Å². The van der Waals surface area contributed by atoms with E-state index in [1.54, 1.807) is 25.3 Å². The molecule has 8 nitrogen and oxygen atoms in total. The largest absolute Gasteiger partial charge is 0.508 e. The molecule has 1 unspecified atom stereocenters. The van der Waals surface area contributed by atoms with Crippen LogP contribution in [0.1, 0.15) is 30.4 Å². The maximum absolute atomic E-state index is 12.5. The Morgan fingerprint density at radius 2 is 1.86 bits per heavy atom. The first-order chi connectivity index (χ1) is 13.4. The van der Waals surface area contributed by atoms with Gasteiger partial charge in [0.15, 0.2) is 11.5 Å². The fourth-order valence-corrected chi connectivity index (χ4v) is 3.03. The van der Waals surface area contributed by atoms with E-state index in [0.29, 0.717) is 22.8 Å². The summed E-state index contributed by atoms with van der Waals surface area (Å²) in [5.41, 5.74) is 6.52. The van der Waals surface area contributed by atoms with Crippen LogP contribution in [0.25, 0.3) is 0 Å². The van der Waals surface area contributed by atoms with E-state index in [1.165, 1.54) is 13.0 Å². The lowest BCUT2D eigenvalue weighted by molar-refractivity contribution is -0.127. The van der Waals surface area contributed by atoms with E-state index >= 15 is 0 Å².